The number of rotatable bonds is 6. The average Bonchev–Trinajstić information content (AvgIpc) is 3.25. The molecule has 1 aromatic heterocycles. The molecule has 0 saturated heterocycles. The minimum absolute atomic E-state index is 0.0854. The van der Waals surface area contributed by atoms with Crippen LogP contribution >= 0.6 is 0 Å². The fourth-order valence-electron chi connectivity index (χ4n) is 4.01. The van der Waals surface area contributed by atoms with Crippen molar-refractivity contribution in [3.8, 4) is 16.9 Å². The molecule has 3 aromatic carbocycles. The number of carbonyl (C=O) groups is 1. The smallest absolute Gasteiger partial charge is 0.271 e. The van der Waals surface area contributed by atoms with Crippen molar-refractivity contribution >= 4 is 33.8 Å². The van der Waals surface area contributed by atoms with Gasteiger partial charge in [-0.15, -0.1) is 0 Å². The largest absolute Gasteiger partial charge is 0.496 e. The van der Waals surface area contributed by atoms with E-state index in [0.29, 0.717) is 17.0 Å². The van der Waals surface area contributed by atoms with Crippen LogP contribution in [-0.4, -0.2) is 17.9 Å². The summed E-state index contributed by atoms with van der Waals surface area (Å²) >= 11 is 0. The number of hydrogen-bond acceptors (Lipinski definition) is 5. The van der Waals surface area contributed by atoms with Gasteiger partial charge in [-0.2, -0.15) is 0 Å². The SMILES string of the molecule is COc1c(/C(C)=C/C(=O)Nc2cc([N+](=O)[O-])ccc2C)cc2c(-c3ccccc3)coc2c1C. The summed E-state index contributed by atoms with van der Waals surface area (Å²) in [5.41, 5.74) is 6.01. The number of anilines is 1. The van der Waals surface area contributed by atoms with Crippen LogP contribution in [0.2, 0.25) is 0 Å². The van der Waals surface area contributed by atoms with Crippen LogP contribution in [0.3, 0.4) is 0 Å². The zero-order valence-electron chi connectivity index (χ0n) is 19.3. The second-order valence-electron chi connectivity index (χ2n) is 8.05. The fourth-order valence-corrected chi connectivity index (χ4v) is 4.01. The minimum Gasteiger partial charge on any atom is -0.496 e. The van der Waals surface area contributed by atoms with Gasteiger partial charge in [0.1, 0.15) is 11.3 Å². The van der Waals surface area contributed by atoms with E-state index in [1.54, 1.807) is 26.4 Å². The summed E-state index contributed by atoms with van der Waals surface area (Å²) in [6, 6.07) is 16.3. The van der Waals surface area contributed by atoms with E-state index in [0.717, 1.165) is 38.8 Å². The molecule has 0 saturated carbocycles. The number of ether oxygens (including phenoxy) is 1. The highest BCUT2D eigenvalue weighted by Crippen LogP contribution is 2.40. The number of nitrogens with zero attached hydrogens (tertiary/aromatic N) is 1. The maximum Gasteiger partial charge on any atom is 0.271 e. The van der Waals surface area contributed by atoms with Gasteiger partial charge in [0.25, 0.3) is 5.69 Å². The normalized spacial score (nSPS) is 11.5. The van der Waals surface area contributed by atoms with Crippen LogP contribution in [0.1, 0.15) is 23.6 Å². The third-order valence-electron chi connectivity index (χ3n) is 5.80. The molecule has 4 rings (SSSR count). The van der Waals surface area contributed by atoms with Crippen molar-refractivity contribution in [3.05, 3.63) is 93.7 Å². The van der Waals surface area contributed by atoms with Crippen LogP contribution in [0.25, 0.3) is 27.7 Å². The van der Waals surface area contributed by atoms with Gasteiger partial charge >= 0.3 is 0 Å². The lowest BCUT2D eigenvalue weighted by Crippen LogP contribution is -2.10. The van der Waals surface area contributed by atoms with E-state index in [4.69, 9.17) is 9.15 Å². The van der Waals surface area contributed by atoms with Crippen LogP contribution in [-0.2, 0) is 4.79 Å². The molecule has 0 aliphatic rings. The highest BCUT2D eigenvalue weighted by molar-refractivity contribution is 6.06. The molecule has 7 nitrogen and oxygen atoms in total. The first-order valence-electron chi connectivity index (χ1n) is 10.7. The standard InChI is InChI=1S/C27H24N2O5/c1-16-10-11-20(29(31)32)13-24(16)28-25(30)12-17(2)21-14-22-23(19-8-6-5-7-9-19)15-34-27(22)18(3)26(21)33-4/h5-15H,1-4H3,(H,28,30)/b17-12+. The molecule has 0 spiro atoms. The molecule has 0 radical (unpaired) electrons. The molecule has 0 aliphatic carbocycles. The molecule has 0 aliphatic heterocycles. The number of carbonyl (C=O) groups excluding carboxylic acids is 1. The van der Waals surface area contributed by atoms with E-state index >= 15 is 0 Å². The number of nitrogens with one attached hydrogen (secondary N) is 1. The molecule has 4 aromatic rings. The number of methoxy groups -OCH3 is 1. The van der Waals surface area contributed by atoms with E-state index in [-0.39, 0.29) is 5.69 Å². The summed E-state index contributed by atoms with van der Waals surface area (Å²) in [6.07, 6.45) is 3.19. The zero-order valence-corrected chi connectivity index (χ0v) is 19.3. The third kappa shape index (κ3) is 4.28. The van der Waals surface area contributed by atoms with Crippen molar-refractivity contribution < 1.29 is 18.9 Å². The van der Waals surface area contributed by atoms with Crippen LogP contribution in [0.4, 0.5) is 11.4 Å². The molecule has 0 bridgehead atoms. The molecular weight excluding hydrogens is 432 g/mol. The Bertz CT molecular complexity index is 1430. The van der Waals surface area contributed by atoms with E-state index in [1.807, 2.05) is 50.2 Å². The number of allylic oxidation sites excluding steroid dienone is 1. The second kappa shape index (κ2) is 9.23. The lowest BCUT2D eigenvalue weighted by molar-refractivity contribution is -0.384. The quantitative estimate of drug-likeness (QED) is 0.198. The topological polar surface area (TPSA) is 94.6 Å². The van der Waals surface area contributed by atoms with E-state index in [2.05, 4.69) is 5.32 Å². The number of nitro benzene ring substituents is 1. The van der Waals surface area contributed by atoms with Gasteiger partial charge in [0.15, 0.2) is 0 Å². The van der Waals surface area contributed by atoms with Gasteiger partial charge in [-0.25, -0.2) is 0 Å². The van der Waals surface area contributed by atoms with Crippen molar-refractivity contribution in [1.29, 1.82) is 0 Å². The Hall–Kier alpha value is -4.39. The van der Waals surface area contributed by atoms with Gasteiger partial charge in [0.05, 0.1) is 24.0 Å². The summed E-state index contributed by atoms with van der Waals surface area (Å²) < 4.78 is 11.6. The van der Waals surface area contributed by atoms with E-state index in [1.165, 1.54) is 18.2 Å². The molecule has 0 atom stereocenters. The van der Waals surface area contributed by atoms with Crippen molar-refractivity contribution in [3.63, 3.8) is 0 Å². The summed E-state index contributed by atoms with van der Waals surface area (Å²) in [5, 5.41) is 14.8. The van der Waals surface area contributed by atoms with Gasteiger partial charge in [-0.1, -0.05) is 36.4 Å². The monoisotopic (exact) mass is 456 g/mol. The first-order valence-corrected chi connectivity index (χ1v) is 10.7. The molecule has 34 heavy (non-hydrogen) atoms. The number of hydrogen-bond donors (Lipinski definition) is 1. The highest BCUT2D eigenvalue weighted by Gasteiger charge is 2.19. The Labute approximate surface area is 196 Å². The van der Waals surface area contributed by atoms with Crippen LogP contribution in [0, 0.1) is 24.0 Å². The maximum absolute atomic E-state index is 12.8. The van der Waals surface area contributed by atoms with E-state index < -0.39 is 10.8 Å². The number of non-ortho nitro benzene ring substituents is 1. The van der Waals surface area contributed by atoms with Gasteiger partial charge in [-0.3, -0.25) is 14.9 Å². The third-order valence-corrected chi connectivity index (χ3v) is 5.80. The van der Waals surface area contributed by atoms with Crippen molar-refractivity contribution in [2.24, 2.45) is 0 Å². The molecule has 0 unspecified atom stereocenters. The predicted molar refractivity (Wildman–Crippen MR) is 133 cm³/mol. The summed E-state index contributed by atoms with van der Waals surface area (Å²) in [4.78, 5) is 23.4. The van der Waals surface area contributed by atoms with Crippen molar-refractivity contribution in [1.82, 2.24) is 0 Å². The minimum atomic E-state index is -0.492. The molecule has 0 fully saturated rings. The van der Waals surface area contributed by atoms with Crippen LogP contribution < -0.4 is 10.1 Å². The summed E-state index contributed by atoms with van der Waals surface area (Å²) in [7, 11) is 1.58. The first kappa shape index (κ1) is 22.8. The maximum atomic E-state index is 12.8. The molecule has 172 valence electrons. The van der Waals surface area contributed by atoms with Gasteiger partial charge < -0.3 is 14.5 Å². The zero-order chi connectivity index (χ0) is 24.4. The van der Waals surface area contributed by atoms with Crippen LogP contribution in [0.15, 0.2) is 71.4 Å². The van der Waals surface area contributed by atoms with Gasteiger partial charge in [0.2, 0.25) is 5.91 Å². The summed E-state index contributed by atoms with van der Waals surface area (Å²) in [5.74, 6) is 0.228. The number of amides is 1. The second-order valence-corrected chi connectivity index (χ2v) is 8.05. The average molecular weight is 456 g/mol. The van der Waals surface area contributed by atoms with Gasteiger partial charge in [0, 0.05) is 40.3 Å². The molecule has 1 heterocycles. The predicted octanol–water partition coefficient (Wildman–Crippen LogP) is 6.68. The molecule has 1 N–H and O–H groups in total. The Morgan fingerprint density at radius 2 is 1.85 bits per heavy atom. The number of furan rings is 1. The molecule has 7 heteroatoms. The summed E-state index contributed by atoms with van der Waals surface area (Å²) in [6.45, 7) is 5.52. The van der Waals surface area contributed by atoms with Crippen molar-refractivity contribution in [2.75, 3.05) is 12.4 Å². The fraction of sp³-hybridized carbons (Fsp3) is 0.148. The number of fused-ring (bicyclic) bond motifs is 1. The Morgan fingerprint density at radius 3 is 2.53 bits per heavy atom. The Morgan fingerprint density at radius 1 is 1.12 bits per heavy atom. The lowest BCUT2D eigenvalue weighted by atomic mass is 9.96. The number of nitro groups is 1. The Kier molecular flexibility index (Phi) is 6.19. The number of aryl methyl sites for hydroxylation is 2. The number of benzene rings is 3. The van der Waals surface area contributed by atoms with Crippen molar-refractivity contribution in [2.45, 2.75) is 20.8 Å². The molecule has 1 amide bonds. The Balaban J connectivity index is 1.74. The lowest BCUT2D eigenvalue weighted by Gasteiger charge is -2.13. The highest BCUT2D eigenvalue weighted by atomic mass is 16.6. The first-order chi connectivity index (χ1) is 16.3. The molecular formula is C27H24N2O5. The van der Waals surface area contributed by atoms with Gasteiger partial charge in [-0.05, 0) is 43.5 Å². The van der Waals surface area contributed by atoms with Crippen LogP contribution in [0.5, 0.6) is 5.75 Å². The van der Waals surface area contributed by atoms with E-state index in [9.17, 15) is 14.9 Å².